The lowest BCUT2D eigenvalue weighted by Gasteiger charge is -2.23. The summed E-state index contributed by atoms with van der Waals surface area (Å²) in [7, 11) is 1.92. The van der Waals surface area contributed by atoms with Crippen LogP contribution in [0.3, 0.4) is 0 Å². The van der Waals surface area contributed by atoms with Crippen LogP contribution >= 0.6 is 22.6 Å². The third kappa shape index (κ3) is 3.71. The number of allylic oxidation sites excluding steroid dienone is 1. The van der Waals surface area contributed by atoms with Crippen LogP contribution in [0.4, 0.5) is 5.69 Å². The molecule has 140 valence electrons. The summed E-state index contributed by atoms with van der Waals surface area (Å²) in [5, 5.41) is 9.80. The highest BCUT2D eigenvalue weighted by atomic mass is 127. The first-order chi connectivity index (χ1) is 12.7. The molecule has 2 aromatic rings. The Morgan fingerprint density at radius 3 is 2.63 bits per heavy atom. The number of ether oxygens (including phenoxy) is 1. The number of anilines is 1. The molecule has 0 fully saturated rings. The number of aromatic hydroxyl groups is 1. The minimum absolute atomic E-state index is 0.0491. The van der Waals surface area contributed by atoms with E-state index in [1.165, 1.54) is 18.2 Å². The van der Waals surface area contributed by atoms with E-state index in [-0.39, 0.29) is 29.1 Å². The van der Waals surface area contributed by atoms with Gasteiger partial charge in [-0.15, -0.1) is 0 Å². The Kier molecular flexibility index (Phi) is 5.28. The standard InChI is InChI=1S/C21H20INO4/c1-21(2)16-6-4-5-7-17(16)23(3)19(21)11-14(24)12-27-20(26)15-10-13(22)8-9-18(15)25/h4-11,25H,12H2,1-3H3. The van der Waals surface area contributed by atoms with Crippen molar-refractivity contribution in [2.45, 2.75) is 19.3 Å². The third-order valence-corrected chi connectivity index (χ3v) is 5.43. The van der Waals surface area contributed by atoms with Gasteiger partial charge in [0.15, 0.2) is 12.4 Å². The smallest absolute Gasteiger partial charge is 0.342 e. The first-order valence-electron chi connectivity index (χ1n) is 8.45. The van der Waals surface area contributed by atoms with Gasteiger partial charge in [-0.2, -0.15) is 0 Å². The second-order valence-corrected chi connectivity index (χ2v) is 8.18. The highest BCUT2D eigenvalue weighted by Crippen LogP contribution is 2.46. The minimum Gasteiger partial charge on any atom is -0.507 e. The summed E-state index contributed by atoms with van der Waals surface area (Å²) in [5.41, 5.74) is 2.78. The number of fused-ring (bicyclic) bond motifs is 1. The molecule has 1 aliphatic heterocycles. The van der Waals surface area contributed by atoms with Gasteiger partial charge in [-0.1, -0.05) is 32.0 Å². The molecule has 27 heavy (non-hydrogen) atoms. The van der Waals surface area contributed by atoms with Crippen molar-refractivity contribution in [2.75, 3.05) is 18.6 Å². The number of carbonyl (C=O) groups excluding carboxylic acids is 2. The summed E-state index contributed by atoms with van der Waals surface area (Å²) in [6.45, 7) is 3.74. The van der Waals surface area contributed by atoms with E-state index in [9.17, 15) is 14.7 Å². The number of esters is 1. The van der Waals surface area contributed by atoms with Gasteiger partial charge in [0.1, 0.15) is 11.3 Å². The molecule has 0 aliphatic carbocycles. The fourth-order valence-corrected chi connectivity index (χ4v) is 3.83. The number of rotatable bonds is 4. The van der Waals surface area contributed by atoms with E-state index >= 15 is 0 Å². The Hall–Kier alpha value is -2.35. The Morgan fingerprint density at radius 1 is 1.22 bits per heavy atom. The maximum atomic E-state index is 12.4. The Morgan fingerprint density at radius 2 is 1.93 bits per heavy atom. The number of hydrogen-bond acceptors (Lipinski definition) is 5. The van der Waals surface area contributed by atoms with E-state index in [1.54, 1.807) is 6.07 Å². The first kappa shape index (κ1) is 19.4. The number of likely N-dealkylation sites (N-methyl/N-ethyl adjacent to an activating group) is 1. The average molecular weight is 477 g/mol. The van der Waals surface area contributed by atoms with Crippen LogP contribution in [0, 0.1) is 3.57 Å². The topological polar surface area (TPSA) is 66.8 Å². The van der Waals surface area contributed by atoms with Crippen LogP contribution in [-0.2, 0) is 14.9 Å². The molecule has 5 nitrogen and oxygen atoms in total. The van der Waals surface area contributed by atoms with Gasteiger partial charge in [-0.3, -0.25) is 4.79 Å². The van der Waals surface area contributed by atoms with Crippen LogP contribution in [0.25, 0.3) is 0 Å². The fourth-order valence-electron chi connectivity index (χ4n) is 3.34. The Bertz CT molecular complexity index is 949. The van der Waals surface area contributed by atoms with Gasteiger partial charge in [-0.05, 0) is 52.4 Å². The minimum atomic E-state index is -0.722. The molecule has 3 rings (SSSR count). The molecular formula is C21H20INO4. The van der Waals surface area contributed by atoms with E-state index in [0.717, 1.165) is 20.5 Å². The van der Waals surface area contributed by atoms with Crippen molar-refractivity contribution in [2.24, 2.45) is 0 Å². The van der Waals surface area contributed by atoms with Gasteiger partial charge in [0, 0.05) is 33.5 Å². The zero-order chi connectivity index (χ0) is 19.8. The number of para-hydroxylation sites is 1. The molecule has 0 radical (unpaired) electrons. The average Bonchev–Trinajstić information content (AvgIpc) is 2.83. The lowest BCUT2D eigenvalue weighted by Crippen LogP contribution is -2.25. The summed E-state index contributed by atoms with van der Waals surface area (Å²) in [6.07, 6.45) is 1.53. The molecule has 6 heteroatoms. The van der Waals surface area contributed by atoms with Crippen LogP contribution in [0.1, 0.15) is 29.8 Å². The Balaban J connectivity index is 1.74. The van der Waals surface area contributed by atoms with Crippen LogP contribution in [0.15, 0.2) is 54.2 Å². The van der Waals surface area contributed by atoms with E-state index < -0.39 is 5.97 Å². The molecule has 2 aromatic carbocycles. The van der Waals surface area contributed by atoms with E-state index in [0.29, 0.717) is 0 Å². The number of halogens is 1. The largest absolute Gasteiger partial charge is 0.507 e. The summed E-state index contributed by atoms with van der Waals surface area (Å²) < 4.78 is 5.89. The molecule has 1 aliphatic rings. The number of hydrogen-bond donors (Lipinski definition) is 1. The van der Waals surface area contributed by atoms with Crippen LogP contribution in [0.5, 0.6) is 5.75 Å². The van der Waals surface area contributed by atoms with E-state index in [2.05, 4.69) is 19.9 Å². The van der Waals surface area contributed by atoms with Crippen molar-refractivity contribution in [3.8, 4) is 5.75 Å². The van der Waals surface area contributed by atoms with E-state index in [1.807, 2.05) is 52.7 Å². The van der Waals surface area contributed by atoms with Crippen molar-refractivity contribution >= 4 is 40.0 Å². The van der Waals surface area contributed by atoms with Crippen molar-refractivity contribution in [3.05, 3.63) is 68.9 Å². The summed E-state index contributed by atoms with van der Waals surface area (Å²) in [6, 6.07) is 12.6. The molecule has 0 unspecified atom stereocenters. The summed E-state index contributed by atoms with van der Waals surface area (Å²) in [4.78, 5) is 26.6. The predicted octanol–water partition coefficient (Wildman–Crippen LogP) is 4.03. The Labute approximate surface area is 171 Å². The molecule has 1 N–H and O–H groups in total. The second-order valence-electron chi connectivity index (χ2n) is 6.93. The summed E-state index contributed by atoms with van der Waals surface area (Å²) >= 11 is 2.04. The number of phenolic OH excluding ortho intramolecular Hbond substituents is 1. The van der Waals surface area contributed by atoms with Crippen molar-refractivity contribution in [3.63, 3.8) is 0 Å². The fraction of sp³-hybridized carbons (Fsp3) is 0.238. The highest BCUT2D eigenvalue weighted by molar-refractivity contribution is 14.1. The molecule has 0 atom stereocenters. The maximum Gasteiger partial charge on any atom is 0.342 e. The third-order valence-electron chi connectivity index (χ3n) is 4.76. The van der Waals surface area contributed by atoms with E-state index in [4.69, 9.17) is 4.74 Å². The van der Waals surface area contributed by atoms with Gasteiger partial charge in [0.05, 0.1) is 0 Å². The van der Waals surface area contributed by atoms with Gasteiger partial charge >= 0.3 is 5.97 Å². The van der Waals surface area contributed by atoms with Crippen LogP contribution in [-0.4, -0.2) is 30.5 Å². The summed E-state index contributed by atoms with van der Waals surface area (Å²) in [5.74, 6) is -1.20. The van der Waals surface area contributed by atoms with Crippen LogP contribution < -0.4 is 4.90 Å². The molecule has 0 saturated heterocycles. The SMILES string of the molecule is CN1C(=CC(=O)COC(=O)c2cc(I)ccc2O)C(C)(C)c2ccccc21. The van der Waals surface area contributed by atoms with Crippen molar-refractivity contribution in [1.82, 2.24) is 0 Å². The zero-order valence-electron chi connectivity index (χ0n) is 15.3. The molecule has 1 heterocycles. The molecule has 0 amide bonds. The predicted molar refractivity (Wildman–Crippen MR) is 112 cm³/mol. The molecular weight excluding hydrogens is 457 g/mol. The normalized spacial score (nSPS) is 16.3. The van der Waals surface area contributed by atoms with Gasteiger partial charge in [0.25, 0.3) is 0 Å². The van der Waals surface area contributed by atoms with Crippen molar-refractivity contribution < 1.29 is 19.4 Å². The van der Waals surface area contributed by atoms with Gasteiger partial charge < -0.3 is 14.7 Å². The lowest BCUT2D eigenvalue weighted by molar-refractivity contribution is -0.117. The van der Waals surface area contributed by atoms with Gasteiger partial charge in [-0.25, -0.2) is 4.79 Å². The molecule has 0 saturated carbocycles. The van der Waals surface area contributed by atoms with Crippen molar-refractivity contribution in [1.29, 1.82) is 0 Å². The highest BCUT2D eigenvalue weighted by Gasteiger charge is 2.38. The molecule has 0 aromatic heterocycles. The zero-order valence-corrected chi connectivity index (χ0v) is 17.5. The number of phenols is 1. The monoisotopic (exact) mass is 477 g/mol. The number of ketones is 1. The second kappa shape index (κ2) is 7.34. The number of carbonyl (C=O) groups is 2. The quantitative estimate of drug-likeness (QED) is 0.409. The first-order valence-corrected chi connectivity index (χ1v) is 9.53. The lowest BCUT2D eigenvalue weighted by atomic mass is 9.83. The van der Waals surface area contributed by atoms with Crippen LogP contribution in [0.2, 0.25) is 0 Å². The maximum absolute atomic E-state index is 12.4. The number of nitrogens with zero attached hydrogens (tertiary/aromatic N) is 1. The van der Waals surface area contributed by atoms with Gasteiger partial charge in [0.2, 0.25) is 0 Å². The molecule has 0 bridgehead atoms. The number of benzene rings is 2. The molecule has 0 spiro atoms.